The molecule has 2 N–H and O–H groups in total. The zero-order valence-corrected chi connectivity index (χ0v) is 10.7. The average Bonchev–Trinajstić information content (AvgIpc) is 2.26. The second kappa shape index (κ2) is 5.26. The Morgan fingerprint density at radius 3 is 2.42 bits per heavy atom. The van der Waals surface area contributed by atoms with Gasteiger partial charge in [0.2, 0.25) is 0 Å². The number of rotatable bonds is 3. The Labute approximate surface area is 110 Å². The maximum absolute atomic E-state index is 13.3. The molecule has 0 saturated carbocycles. The summed E-state index contributed by atoms with van der Waals surface area (Å²) >= 11 is 0. The number of aryl methyl sites for hydroxylation is 1. The lowest BCUT2D eigenvalue weighted by atomic mass is 10.1. The molecule has 4 heteroatoms. The van der Waals surface area contributed by atoms with Crippen LogP contribution in [0.4, 0.5) is 14.5 Å². The molecule has 19 heavy (non-hydrogen) atoms. The average molecular weight is 263 g/mol. The summed E-state index contributed by atoms with van der Waals surface area (Å²) in [6.45, 7) is 3.61. The van der Waals surface area contributed by atoms with Gasteiger partial charge in [0.15, 0.2) is 0 Å². The third kappa shape index (κ3) is 3.22. The van der Waals surface area contributed by atoms with Gasteiger partial charge in [-0.3, -0.25) is 0 Å². The van der Waals surface area contributed by atoms with Crippen molar-refractivity contribution in [2.75, 3.05) is 5.32 Å². The number of hydrogen-bond donors (Lipinski definition) is 2. The van der Waals surface area contributed by atoms with Crippen molar-refractivity contribution in [3.8, 4) is 5.75 Å². The molecule has 0 aliphatic carbocycles. The molecule has 0 bridgehead atoms. The zero-order chi connectivity index (χ0) is 14.0. The van der Waals surface area contributed by atoms with Gasteiger partial charge in [-0.25, -0.2) is 8.78 Å². The molecule has 2 rings (SSSR count). The summed E-state index contributed by atoms with van der Waals surface area (Å²) in [5, 5.41) is 12.8. The molecule has 0 spiro atoms. The van der Waals surface area contributed by atoms with Crippen LogP contribution in [0.1, 0.15) is 24.1 Å². The second-order valence-electron chi connectivity index (χ2n) is 4.59. The Bertz CT molecular complexity index is 578. The first-order valence-electron chi connectivity index (χ1n) is 5.98. The van der Waals surface area contributed by atoms with Gasteiger partial charge in [0, 0.05) is 17.3 Å². The molecule has 0 aliphatic heterocycles. The first-order valence-corrected chi connectivity index (χ1v) is 5.98. The molecule has 0 aromatic heterocycles. The van der Waals surface area contributed by atoms with Gasteiger partial charge in [-0.15, -0.1) is 0 Å². The van der Waals surface area contributed by atoms with Crippen LogP contribution in [0.5, 0.6) is 5.75 Å². The monoisotopic (exact) mass is 263 g/mol. The van der Waals surface area contributed by atoms with Crippen LogP contribution >= 0.6 is 0 Å². The third-order valence-corrected chi connectivity index (χ3v) is 2.88. The Balaban J connectivity index is 2.22. The summed E-state index contributed by atoms with van der Waals surface area (Å²) < 4.78 is 26.2. The summed E-state index contributed by atoms with van der Waals surface area (Å²) in [6, 6.07) is 8.21. The fraction of sp³-hybridized carbons (Fsp3) is 0.200. The van der Waals surface area contributed by atoms with E-state index in [2.05, 4.69) is 5.32 Å². The topological polar surface area (TPSA) is 32.3 Å². The number of aromatic hydroxyl groups is 1. The minimum absolute atomic E-state index is 0.117. The number of anilines is 1. The summed E-state index contributed by atoms with van der Waals surface area (Å²) in [5.41, 5.74) is 1.98. The minimum Gasteiger partial charge on any atom is -0.507 e. The summed E-state index contributed by atoms with van der Waals surface area (Å²) in [6.07, 6.45) is 0. The predicted octanol–water partition coefficient (Wildman–Crippen LogP) is 4.15. The van der Waals surface area contributed by atoms with Crippen molar-refractivity contribution < 1.29 is 13.9 Å². The van der Waals surface area contributed by atoms with Gasteiger partial charge in [-0.1, -0.05) is 6.07 Å². The predicted molar refractivity (Wildman–Crippen MR) is 71.2 cm³/mol. The highest BCUT2D eigenvalue weighted by molar-refractivity contribution is 5.49. The van der Waals surface area contributed by atoms with Crippen molar-refractivity contribution in [3.63, 3.8) is 0 Å². The van der Waals surface area contributed by atoms with Gasteiger partial charge in [0.1, 0.15) is 17.4 Å². The fourth-order valence-electron chi connectivity index (χ4n) is 2.03. The van der Waals surface area contributed by atoms with Gasteiger partial charge in [0.05, 0.1) is 6.04 Å². The van der Waals surface area contributed by atoms with E-state index >= 15 is 0 Å². The molecule has 0 aliphatic rings. The van der Waals surface area contributed by atoms with Crippen LogP contribution in [0, 0.1) is 18.6 Å². The normalized spacial score (nSPS) is 12.2. The van der Waals surface area contributed by atoms with E-state index in [1.807, 2.05) is 6.92 Å². The highest BCUT2D eigenvalue weighted by Crippen LogP contribution is 2.28. The lowest BCUT2D eigenvalue weighted by Crippen LogP contribution is -2.07. The largest absolute Gasteiger partial charge is 0.507 e. The number of halogens is 2. The van der Waals surface area contributed by atoms with E-state index in [1.165, 1.54) is 24.3 Å². The lowest BCUT2D eigenvalue weighted by molar-refractivity contribution is 0.459. The summed E-state index contributed by atoms with van der Waals surface area (Å²) in [5.74, 6) is -0.929. The summed E-state index contributed by atoms with van der Waals surface area (Å²) in [4.78, 5) is 0. The molecule has 0 heterocycles. The van der Waals surface area contributed by atoms with E-state index in [-0.39, 0.29) is 17.6 Å². The fourth-order valence-corrected chi connectivity index (χ4v) is 2.03. The number of nitrogens with one attached hydrogen (secondary N) is 1. The molecule has 0 radical (unpaired) electrons. The maximum atomic E-state index is 13.3. The number of phenols is 1. The highest BCUT2D eigenvalue weighted by Gasteiger charge is 2.11. The van der Waals surface area contributed by atoms with Gasteiger partial charge >= 0.3 is 0 Å². The Morgan fingerprint density at radius 2 is 1.79 bits per heavy atom. The first-order chi connectivity index (χ1) is 8.95. The molecule has 2 aromatic rings. The lowest BCUT2D eigenvalue weighted by Gasteiger charge is -2.17. The molecule has 1 atom stereocenters. The number of hydrogen-bond acceptors (Lipinski definition) is 2. The summed E-state index contributed by atoms with van der Waals surface area (Å²) in [7, 11) is 0. The van der Waals surface area contributed by atoms with Crippen molar-refractivity contribution in [2.24, 2.45) is 0 Å². The van der Waals surface area contributed by atoms with E-state index in [4.69, 9.17) is 0 Å². The molecular weight excluding hydrogens is 248 g/mol. The van der Waals surface area contributed by atoms with Gasteiger partial charge in [-0.2, -0.15) is 0 Å². The Morgan fingerprint density at radius 1 is 1.05 bits per heavy atom. The maximum Gasteiger partial charge on any atom is 0.126 e. The van der Waals surface area contributed by atoms with Gasteiger partial charge in [-0.05, 0) is 43.7 Å². The molecule has 2 aromatic carbocycles. The molecule has 0 fully saturated rings. The highest BCUT2D eigenvalue weighted by atomic mass is 19.1. The third-order valence-electron chi connectivity index (χ3n) is 2.88. The smallest absolute Gasteiger partial charge is 0.126 e. The minimum atomic E-state index is -0.491. The SMILES string of the molecule is Cc1cc(F)cc(NC(C)c2ccc(F)cc2O)c1. The molecule has 100 valence electrons. The van der Waals surface area contributed by atoms with Crippen LogP contribution in [0.15, 0.2) is 36.4 Å². The Kier molecular flexibility index (Phi) is 3.69. The molecule has 1 unspecified atom stereocenters. The molecular formula is C15H15F2NO. The van der Waals surface area contributed by atoms with Crippen LogP contribution in [0.2, 0.25) is 0 Å². The van der Waals surface area contributed by atoms with E-state index in [1.54, 1.807) is 13.0 Å². The molecule has 0 amide bonds. The van der Waals surface area contributed by atoms with Crippen molar-refractivity contribution >= 4 is 5.69 Å². The number of phenolic OH excluding ortho intramolecular Hbond substituents is 1. The molecule has 2 nitrogen and oxygen atoms in total. The van der Waals surface area contributed by atoms with E-state index in [0.717, 1.165) is 11.6 Å². The quantitative estimate of drug-likeness (QED) is 0.871. The van der Waals surface area contributed by atoms with Crippen molar-refractivity contribution in [2.45, 2.75) is 19.9 Å². The van der Waals surface area contributed by atoms with Crippen LogP contribution in [-0.2, 0) is 0 Å². The standard InChI is InChI=1S/C15H15F2NO/c1-9-5-12(17)7-13(6-9)18-10(2)14-4-3-11(16)8-15(14)19/h3-8,10,18-19H,1-2H3. The second-order valence-corrected chi connectivity index (χ2v) is 4.59. The van der Waals surface area contributed by atoms with Crippen molar-refractivity contribution in [3.05, 3.63) is 59.2 Å². The Hall–Kier alpha value is -2.10. The first kappa shape index (κ1) is 13.3. The number of benzene rings is 2. The van der Waals surface area contributed by atoms with Gasteiger partial charge < -0.3 is 10.4 Å². The molecule has 0 saturated heterocycles. The van der Waals surface area contributed by atoms with Crippen LogP contribution in [-0.4, -0.2) is 5.11 Å². The van der Waals surface area contributed by atoms with E-state index < -0.39 is 5.82 Å². The van der Waals surface area contributed by atoms with Crippen LogP contribution in [0.3, 0.4) is 0 Å². The van der Waals surface area contributed by atoms with Crippen molar-refractivity contribution in [1.82, 2.24) is 0 Å². The zero-order valence-electron chi connectivity index (χ0n) is 10.7. The van der Waals surface area contributed by atoms with Crippen LogP contribution in [0.25, 0.3) is 0 Å². The van der Waals surface area contributed by atoms with Gasteiger partial charge in [0.25, 0.3) is 0 Å². The van der Waals surface area contributed by atoms with Crippen molar-refractivity contribution in [1.29, 1.82) is 0 Å². The van der Waals surface area contributed by atoms with E-state index in [9.17, 15) is 13.9 Å². The van der Waals surface area contributed by atoms with Crippen LogP contribution < -0.4 is 5.32 Å². The van der Waals surface area contributed by atoms with E-state index in [0.29, 0.717) is 11.3 Å².